The van der Waals surface area contributed by atoms with E-state index in [-0.39, 0.29) is 18.3 Å². The van der Waals surface area contributed by atoms with Crippen molar-refractivity contribution in [3.05, 3.63) is 29.8 Å². The molecule has 100 valence electrons. The van der Waals surface area contributed by atoms with Gasteiger partial charge in [-0.05, 0) is 25.5 Å². The lowest BCUT2D eigenvalue weighted by atomic mass is 9.80. The molecule has 0 heterocycles. The van der Waals surface area contributed by atoms with Crippen molar-refractivity contribution in [1.82, 2.24) is 0 Å². The van der Waals surface area contributed by atoms with Crippen LogP contribution in [-0.4, -0.2) is 25.7 Å². The van der Waals surface area contributed by atoms with Gasteiger partial charge in [0.15, 0.2) is 0 Å². The Morgan fingerprint density at radius 3 is 2.44 bits per heavy atom. The Morgan fingerprint density at radius 2 is 1.94 bits per heavy atom. The molecular formula is C14H21NO3. The molecule has 18 heavy (non-hydrogen) atoms. The zero-order chi connectivity index (χ0) is 13.8. The van der Waals surface area contributed by atoms with Crippen molar-refractivity contribution < 1.29 is 14.3 Å². The van der Waals surface area contributed by atoms with Crippen LogP contribution in [0.2, 0.25) is 0 Å². The minimum Gasteiger partial charge on any atom is -0.496 e. The topological polar surface area (TPSA) is 61.5 Å². The molecule has 0 fully saturated rings. The van der Waals surface area contributed by atoms with E-state index in [0.717, 1.165) is 11.3 Å². The number of carbonyl (C=O) groups is 1. The molecule has 1 rings (SSSR count). The van der Waals surface area contributed by atoms with Crippen molar-refractivity contribution in [1.29, 1.82) is 0 Å². The third-order valence-electron chi connectivity index (χ3n) is 3.01. The molecule has 0 radical (unpaired) electrons. The molecule has 1 atom stereocenters. The number of hydrogen-bond acceptors (Lipinski definition) is 4. The number of benzene rings is 1. The molecule has 0 spiro atoms. The van der Waals surface area contributed by atoms with E-state index in [9.17, 15) is 4.79 Å². The van der Waals surface area contributed by atoms with Crippen LogP contribution >= 0.6 is 0 Å². The van der Waals surface area contributed by atoms with Crippen molar-refractivity contribution in [3.8, 4) is 5.75 Å². The first-order valence-corrected chi connectivity index (χ1v) is 5.88. The number of para-hydroxylation sites is 1. The second-order valence-electron chi connectivity index (χ2n) is 4.90. The van der Waals surface area contributed by atoms with Crippen LogP contribution in [0.25, 0.3) is 0 Å². The van der Waals surface area contributed by atoms with Gasteiger partial charge in [-0.1, -0.05) is 18.2 Å². The van der Waals surface area contributed by atoms with E-state index >= 15 is 0 Å². The normalized spacial score (nSPS) is 12.9. The standard InChI is InChI=1S/C14H21NO3/c1-14(2,15)11(9-13(16)18-4)10-7-5-6-8-12(10)17-3/h5-8,11H,9,15H2,1-4H3. The maximum Gasteiger partial charge on any atom is 0.306 e. The maximum absolute atomic E-state index is 11.5. The van der Waals surface area contributed by atoms with Gasteiger partial charge in [0.2, 0.25) is 0 Å². The minimum absolute atomic E-state index is 0.152. The van der Waals surface area contributed by atoms with Crippen LogP contribution in [0.1, 0.15) is 31.7 Å². The van der Waals surface area contributed by atoms with Crippen molar-refractivity contribution >= 4 is 5.97 Å². The zero-order valence-electron chi connectivity index (χ0n) is 11.4. The van der Waals surface area contributed by atoms with Gasteiger partial charge in [-0.3, -0.25) is 4.79 Å². The van der Waals surface area contributed by atoms with E-state index < -0.39 is 5.54 Å². The van der Waals surface area contributed by atoms with Gasteiger partial charge in [-0.25, -0.2) is 0 Å². The van der Waals surface area contributed by atoms with E-state index in [0.29, 0.717) is 0 Å². The highest BCUT2D eigenvalue weighted by Gasteiger charge is 2.31. The van der Waals surface area contributed by atoms with Gasteiger partial charge in [0.05, 0.1) is 20.6 Å². The van der Waals surface area contributed by atoms with Gasteiger partial charge in [0.1, 0.15) is 5.75 Å². The van der Waals surface area contributed by atoms with Crippen molar-refractivity contribution in [2.24, 2.45) is 5.73 Å². The van der Waals surface area contributed by atoms with E-state index in [2.05, 4.69) is 0 Å². The first-order valence-electron chi connectivity index (χ1n) is 5.88. The molecule has 1 aromatic rings. The number of carbonyl (C=O) groups excluding carboxylic acids is 1. The highest BCUT2D eigenvalue weighted by Crippen LogP contribution is 2.35. The Hall–Kier alpha value is -1.55. The Bertz CT molecular complexity index is 410. The number of nitrogens with two attached hydrogens (primary N) is 1. The monoisotopic (exact) mass is 251 g/mol. The molecule has 0 aromatic heterocycles. The van der Waals surface area contributed by atoms with E-state index in [1.807, 2.05) is 38.1 Å². The van der Waals surface area contributed by atoms with Gasteiger partial charge in [-0.15, -0.1) is 0 Å². The molecule has 4 heteroatoms. The van der Waals surface area contributed by atoms with Gasteiger partial charge in [0.25, 0.3) is 0 Å². The first-order chi connectivity index (χ1) is 8.40. The quantitative estimate of drug-likeness (QED) is 0.814. The molecule has 0 aliphatic rings. The summed E-state index contributed by atoms with van der Waals surface area (Å²) in [5, 5.41) is 0. The van der Waals surface area contributed by atoms with E-state index in [1.54, 1.807) is 7.11 Å². The third kappa shape index (κ3) is 3.47. The molecule has 0 amide bonds. The zero-order valence-corrected chi connectivity index (χ0v) is 11.4. The molecule has 2 N–H and O–H groups in total. The first kappa shape index (κ1) is 14.5. The van der Waals surface area contributed by atoms with Gasteiger partial charge in [0, 0.05) is 11.5 Å². The Kier molecular flexibility index (Phi) is 4.73. The minimum atomic E-state index is -0.539. The largest absolute Gasteiger partial charge is 0.496 e. The number of hydrogen-bond donors (Lipinski definition) is 1. The summed E-state index contributed by atoms with van der Waals surface area (Å²) < 4.78 is 10.1. The number of rotatable bonds is 5. The summed E-state index contributed by atoms with van der Waals surface area (Å²) in [4.78, 5) is 11.5. The summed E-state index contributed by atoms with van der Waals surface area (Å²) in [5.74, 6) is 0.315. The van der Waals surface area contributed by atoms with Crippen LogP contribution in [0.5, 0.6) is 5.75 Å². The molecule has 0 saturated carbocycles. The molecule has 0 aliphatic carbocycles. The smallest absolute Gasteiger partial charge is 0.306 e. The second kappa shape index (κ2) is 5.87. The highest BCUT2D eigenvalue weighted by atomic mass is 16.5. The number of methoxy groups -OCH3 is 2. The summed E-state index contributed by atoms with van der Waals surface area (Å²) in [6.45, 7) is 3.79. The fraction of sp³-hybridized carbons (Fsp3) is 0.500. The van der Waals surface area contributed by atoms with E-state index in [4.69, 9.17) is 15.2 Å². The number of ether oxygens (including phenoxy) is 2. The van der Waals surface area contributed by atoms with Crippen LogP contribution in [0.15, 0.2) is 24.3 Å². The van der Waals surface area contributed by atoms with Crippen molar-refractivity contribution in [2.75, 3.05) is 14.2 Å². The Morgan fingerprint density at radius 1 is 1.33 bits per heavy atom. The predicted molar refractivity (Wildman–Crippen MR) is 70.6 cm³/mol. The lowest BCUT2D eigenvalue weighted by Crippen LogP contribution is -2.40. The van der Waals surface area contributed by atoms with Crippen LogP contribution in [0.4, 0.5) is 0 Å². The Balaban J connectivity index is 3.13. The average molecular weight is 251 g/mol. The highest BCUT2D eigenvalue weighted by molar-refractivity contribution is 5.71. The van der Waals surface area contributed by atoms with Gasteiger partial charge < -0.3 is 15.2 Å². The summed E-state index contributed by atoms with van der Waals surface area (Å²) in [6, 6.07) is 7.60. The predicted octanol–water partition coefficient (Wildman–Crippen LogP) is 2.08. The average Bonchev–Trinajstić information content (AvgIpc) is 2.34. The van der Waals surface area contributed by atoms with Crippen LogP contribution in [0.3, 0.4) is 0 Å². The fourth-order valence-electron chi connectivity index (χ4n) is 1.98. The SMILES string of the molecule is COC(=O)CC(c1ccccc1OC)C(C)(C)N. The van der Waals surface area contributed by atoms with Gasteiger partial charge >= 0.3 is 5.97 Å². The third-order valence-corrected chi connectivity index (χ3v) is 3.01. The van der Waals surface area contributed by atoms with Gasteiger partial charge in [-0.2, -0.15) is 0 Å². The number of esters is 1. The molecule has 0 aliphatic heterocycles. The molecule has 0 bridgehead atoms. The van der Waals surface area contributed by atoms with Crippen LogP contribution in [-0.2, 0) is 9.53 Å². The lowest BCUT2D eigenvalue weighted by Gasteiger charge is -2.31. The summed E-state index contributed by atoms with van der Waals surface area (Å²) >= 11 is 0. The van der Waals surface area contributed by atoms with Crippen molar-refractivity contribution in [2.45, 2.75) is 31.7 Å². The van der Waals surface area contributed by atoms with E-state index in [1.165, 1.54) is 7.11 Å². The Labute approximate surface area is 108 Å². The molecular weight excluding hydrogens is 230 g/mol. The van der Waals surface area contributed by atoms with Crippen LogP contribution in [0, 0.1) is 0 Å². The summed E-state index contributed by atoms with van der Waals surface area (Å²) in [6.07, 6.45) is 0.236. The molecule has 0 saturated heterocycles. The summed E-state index contributed by atoms with van der Waals surface area (Å²) in [7, 11) is 2.99. The second-order valence-corrected chi connectivity index (χ2v) is 4.90. The maximum atomic E-state index is 11.5. The van der Waals surface area contributed by atoms with Crippen LogP contribution < -0.4 is 10.5 Å². The molecule has 1 unspecified atom stereocenters. The van der Waals surface area contributed by atoms with Crippen molar-refractivity contribution in [3.63, 3.8) is 0 Å². The molecule has 4 nitrogen and oxygen atoms in total. The summed E-state index contributed by atoms with van der Waals surface area (Å²) in [5.41, 5.74) is 6.56. The fourth-order valence-corrected chi connectivity index (χ4v) is 1.98. The molecule has 1 aromatic carbocycles. The lowest BCUT2D eigenvalue weighted by molar-refractivity contribution is -0.141.